The van der Waals surface area contributed by atoms with Crippen molar-refractivity contribution in [3.05, 3.63) is 64.7 Å². The number of nitrogens with one attached hydrogen (secondary N) is 1. The van der Waals surface area contributed by atoms with Crippen molar-refractivity contribution < 1.29 is 9.18 Å². The van der Waals surface area contributed by atoms with E-state index in [1.165, 1.54) is 12.1 Å². The molecule has 1 aromatic carbocycles. The first kappa shape index (κ1) is 14.7. The lowest BCUT2D eigenvalue weighted by atomic mass is 9.97. The Labute approximate surface area is 129 Å². The molecule has 22 heavy (non-hydrogen) atoms. The Morgan fingerprint density at radius 1 is 1.32 bits per heavy atom. The number of hydrogen-bond donors (Lipinski definition) is 1. The van der Waals surface area contributed by atoms with Crippen LogP contribution in [0.4, 0.5) is 4.39 Å². The molecule has 0 atom stereocenters. The minimum absolute atomic E-state index is 0.127. The molecule has 2 aromatic rings. The number of fused-ring (bicyclic) bond motifs is 1. The molecule has 0 radical (unpaired) electrons. The number of nitrogens with zero attached hydrogens (tertiary/aromatic N) is 2. The summed E-state index contributed by atoms with van der Waals surface area (Å²) in [5, 5.41) is 2.88. The third kappa shape index (κ3) is 3.14. The molecular weight excluding hydrogens is 281 g/mol. The lowest BCUT2D eigenvalue weighted by Gasteiger charge is -2.26. The summed E-state index contributed by atoms with van der Waals surface area (Å²) in [6.07, 6.45) is 4.32. The molecule has 0 bridgehead atoms. The van der Waals surface area contributed by atoms with Gasteiger partial charge in [0.1, 0.15) is 5.82 Å². The molecule has 0 spiro atoms. The van der Waals surface area contributed by atoms with Gasteiger partial charge in [0.05, 0.1) is 5.56 Å². The quantitative estimate of drug-likeness (QED) is 0.944. The van der Waals surface area contributed by atoms with E-state index in [2.05, 4.69) is 22.2 Å². The highest BCUT2D eigenvalue weighted by Gasteiger charge is 2.20. The molecule has 2 heterocycles. The van der Waals surface area contributed by atoms with Crippen LogP contribution in [0.15, 0.2) is 36.7 Å². The fourth-order valence-corrected chi connectivity index (χ4v) is 2.71. The number of halogens is 1. The van der Waals surface area contributed by atoms with E-state index in [4.69, 9.17) is 0 Å². The average molecular weight is 299 g/mol. The van der Waals surface area contributed by atoms with Gasteiger partial charge in [0.15, 0.2) is 0 Å². The zero-order valence-electron chi connectivity index (χ0n) is 12.5. The summed E-state index contributed by atoms with van der Waals surface area (Å²) in [6, 6.07) is 6.12. The Morgan fingerprint density at radius 2 is 2.09 bits per heavy atom. The van der Waals surface area contributed by atoms with Crippen LogP contribution in [0.2, 0.25) is 0 Å². The zero-order valence-corrected chi connectivity index (χ0v) is 12.5. The topological polar surface area (TPSA) is 45.2 Å². The van der Waals surface area contributed by atoms with Crippen LogP contribution >= 0.6 is 0 Å². The SMILES string of the molecule is CN1CCc2c(cncc2C(=O)NCc2ccc(F)cc2)C1. The number of rotatable bonds is 3. The van der Waals surface area contributed by atoms with Crippen LogP contribution in [0, 0.1) is 5.82 Å². The normalized spacial score (nSPS) is 14.5. The summed E-state index contributed by atoms with van der Waals surface area (Å²) in [7, 11) is 2.06. The molecular formula is C17H18FN3O. The summed E-state index contributed by atoms with van der Waals surface area (Å²) in [5.41, 5.74) is 3.72. The summed E-state index contributed by atoms with van der Waals surface area (Å²) in [6.45, 7) is 2.14. The van der Waals surface area contributed by atoms with E-state index in [1.807, 2.05) is 6.20 Å². The third-order valence-corrected chi connectivity index (χ3v) is 3.94. The molecule has 5 heteroatoms. The van der Waals surface area contributed by atoms with E-state index in [0.29, 0.717) is 12.1 Å². The number of hydrogen-bond acceptors (Lipinski definition) is 3. The first-order valence-electron chi connectivity index (χ1n) is 7.30. The highest BCUT2D eigenvalue weighted by Crippen LogP contribution is 2.20. The largest absolute Gasteiger partial charge is 0.348 e. The zero-order chi connectivity index (χ0) is 15.5. The van der Waals surface area contributed by atoms with Gasteiger partial charge in [-0.15, -0.1) is 0 Å². The van der Waals surface area contributed by atoms with Crippen molar-refractivity contribution in [2.24, 2.45) is 0 Å². The van der Waals surface area contributed by atoms with Gasteiger partial charge in [0.2, 0.25) is 0 Å². The predicted molar refractivity (Wildman–Crippen MR) is 81.8 cm³/mol. The maximum atomic E-state index is 12.9. The summed E-state index contributed by atoms with van der Waals surface area (Å²) < 4.78 is 12.9. The van der Waals surface area contributed by atoms with Crippen LogP contribution < -0.4 is 5.32 Å². The Hall–Kier alpha value is -2.27. The molecule has 1 amide bonds. The number of likely N-dealkylation sites (N-methyl/N-ethyl adjacent to an activating group) is 1. The van der Waals surface area contributed by atoms with Gasteiger partial charge in [-0.05, 0) is 42.3 Å². The van der Waals surface area contributed by atoms with Crippen molar-refractivity contribution in [2.75, 3.05) is 13.6 Å². The number of pyridine rings is 1. The van der Waals surface area contributed by atoms with Gasteiger partial charge in [0.25, 0.3) is 5.91 Å². The molecule has 0 aliphatic carbocycles. The van der Waals surface area contributed by atoms with Gasteiger partial charge >= 0.3 is 0 Å². The molecule has 3 rings (SSSR count). The lowest BCUT2D eigenvalue weighted by molar-refractivity contribution is 0.0948. The maximum absolute atomic E-state index is 12.9. The van der Waals surface area contributed by atoms with E-state index < -0.39 is 0 Å². The monoisotopic (exact) mass is 299 g/mol. The smallest absolute Gasteiger partial charge is 0.253 e. The molecule has 1 aliphatic rings. The summed E-state index contributed by atoms with van der Waals surface area (Å²) >= 11 is 0. The molecule has 0 saturated carbocycles. The Kier molecular flexibility index (Phi) is 4.15. The number of carbonyl (C=O) groups excluding carboxylic acids is 1. The second-order valence-electron chi connectivity index (χ2n) is 5.62. The molecule has 1 aromatic heterocycles. The first-order valence-corrected chi connectivity index (χ1v) is 7.30. The van der Waals surface area contributed by atoms with Crippen molar-refractivity contribution in [2.45, 2.75) is 19.5 Å². The van der Waals surface area contributed by atoms with E-state index in [1.54, 1.807) is 18.3 Å². The molecule has 4 nitrogen and oxygen atoms in total. The number of carbonyl (C=O) groups is 1. The fourth-order valence-electron chi connectivity index (χ4n) is 2.71. The average Bonchev–Trinajstić information content (AvgIpc) is 2.53. The highest BCUT2D eigenvalue weighted by atomic mass is 19.1. The maximum Gasteiger partial charge on any atom is 0.253 e. The van der Waals surface area contributed by atoms with Crippen LogP contribution in [0.3, 0.4) is 0 Å². The van der Waals surface area contributed by atoms with Gasteiger partial charge in [-0.25, -0.2) is 4.39 Å². The van der Waals surface area contributed by atoms with Gasteiger partial charge in [-0.3, -0.25) is 9.78 Å². The number of amides is 1. The number of aromatic nitrogens is 1. The van der Waals surface area contributed by atoms with Crippen molar-refractivity contribution >= 4 is 5.91 Å². The van der Waals surface area contributed by atoms with Gasteiger partial charge in [-0.1, -0.05) is 12.1 Å². The minimum atomic E-state index is -0.277. The Balaban J connectivity index is 1.73. The molecule has 1 N–H and O–H groups in total. The Bertz CT molecular complexity index is 685. The summed E-state index contributed by atoms with van der Waals surface area (Å²) in [4.78, 5) is 18.8. The predicted octanol–water partition coefficient (Wildman–Crippen LogP) is 2.14. The van der Waals surface area contributed by atoms with E-state index in [9.17, 15) is 9.18 Å². The van der Waals surface area contributed by atoms with Crippen molar-refractivity contribution in [1.82, 2.24) is 15.2 Å². The van der Waals surface area contributed by atoms with Crippen molar-refractivity contribution in [3.63, 3.8) is 0 Å². The first-order chi connectivity index (χ1) is 10.6. The van der Waals surface area contributed by atoms with E-state index >= 15 is 0 Å². The Morgan fingerprint density at radius 3 is 2.86 bits per heavy atom. The van der Waals surface area contributed by atoms with E-state index in [0.717, 1.165) is 36.2 Å². The van der Waals surface area contributed by atoms with Crippen LogP contribution in [0.5, 0.6) is 0 Å². The molecule has 0 unspecified atom stereocenters. The van der Waals surface area contributed by atoms with Crippen LogP contribution in [-0.2, 0) is 19.5 Å². The minimum Gasteiger partial charge on any atom is -0.348 e. The fraction of sp³-hybridized carbons (Fsp3) is 0.294. The highest BCUT2D eigenvalue weighted by molar-refractivity contribution is 5.95. The van der Waals surface area contributed by atoms with Gasteiger partial charge in [0, 0.05) is 32.0 Å². The molecule has 0 fully saturated rings. The standard InChI is InChI=1S/C17H18FN3O/c1-21-7-6-15-13(11-21)9-19-10-16(15)17(22)20-8-12-2-4-14(18)5-3-12/h2-5,9-10H,6-8,11H2,1H3,(H,20,22). The van der Waals surface area contributed by atoms with Crippen molar-refractivity contribution in [3.8, 4) is 0 Å². The second-order valence-corrected chi connectivity index (χ2v) is 5.62. The van der Waals surface area contributed by atoms with Crippen LogP contribution in [0.1, 0.15) is 27.0 Å². The lowest BCUT2D eigenvalue weighted by Crippen LogP contribution is -2.30. The number of benzene rings is 1. The van der Waals surface area contributed by atoms with Gasteiger partial charge in [-0.2, -0.15) is 0 Å². The molecule has 0 saturated heterocycles. The van der Waals surface area contributed by atoms with Crippen LogP contribution in [0.25, 0.3) is 0 Å². The second kappa shape index (κ2) is 6.23. The third-order valence-electron chi connectivity index (χ3n) is 3.94. The summed E-state index contributed by atoms with van der Waals surface area (Å²) in [5.74, 6) is -0.404. The van der Waals surface area contributed by atoms with Crippen molar-refractivity contribution in [1.29, 1.82) is 0 Å². The van der Waals surface area contributed by atoms with Gasteiger partial charge < -0.3 is 10.2 Å². The van der Waals surface area contributed by atoms with Crippen LogP contribution in [-0.4, -0.2) is 29.4 Å². The molecule has 1 aliphatic heterocycles. The van der Waals surface area contributed by atoms with E-state index in [-0.39, 0.29) is 11.7 Å². The molecule has 114 valence electrons.